The van der Waals surface area contributed by atoms with Crippen molar-refractivity contribution in [3.63, 3.8) is 0 Å². The fraction of sp³-hybridized carbons (Fsp3) is 0.350. The van der Waals surface area contributed by atoms with Crippen LogP contribution >= 0.6 is 0 Å². The van der Waals surface area contributed by atoms with E-state index in [2.05, 4.69) is 0 Å². The lowest BCUT2D eigenvalue weighted by molar-refractivity contribution is -0.143. The highest BCUT2D eigenvalue weighted by Gasteiger charge is 2.27. The Labute approximate surface area is 165 Å². The first kappa shape index (κ1) is 20.4. The van der Waals surface area contributed by atoms with E-state index in [-0.39, 0.29) is 30.2 Å². The van der Waals surface area contributed by atoms with Crippen molar-refractivity contribution < 1.29 is 24.2 Å². The molecule has 0 amide bonds. The number of ether oxygens (including phenoxy) is 1. The number of aryl methyl sites for hydroxylation is 2. The third kappa shape index (κ3) is 3.68. The Balaban J connectivity index is 2.22. The fourth-order valence-electron chi connectivity index (χ4n) is 3.36. The monoisotopic (exact) mass is 402 g/mol. The lowest BCUT2D eigenvalue weighted by Gasteiger charge is -2.18. The van der Waals surface area contributed by atoms with Crippen molar-refractivity contribution in [1.29, 1.82) is 0 Å². The Morgan fingerprint density at radius 1 is 1.17 bits per heavy atom. The van der Waals surface area contributed by atoms with E-state index >= 15 is 0 Å². The molecular formula is C20H22N2O7. The van der Waals surface area contributed by atoms with Crippen molar-refractivity contribution in [2.45, 2.75) is 25.9 Å². The summed E-state index contributed by atoms with van der Waals surface area (Å²) in [6.07, 6.45) is -0.203. The molecule has 0 unspecified atom stereocenters. The highest BCUT2D eigenvalue weighted by molar-refractivity contribution is 5.78. The number of carbonyl (C=O) groups is 1. The van der Waals surface area contributed by atoms with Gasteiger partial charge < -0.3 is 19.4 Å². The molecule has 9 nitrogen and oxygen atoms in total. The normalized spacial score (nSPS) is 12.3. The minimum atomic E-state index is -0.854. The molecule has 0 radical (unpaired) electrons. The van der Waals surface area contributed by atoms with E-state index in [1.54, 1.807) is 39.2 Å². The van der Waals surface area contributed by atoms with Crippen LogP contribution in [0.4, 0.5) is 0 Å². The van der Waals surface area contributed by atoms with Gasteiger partial charge in [-0.05, 0) is 24.6 Å². The van der Waals surface area contributed by atoms with Crippen molar-refractivity contribution in [2.75, 3.05) is 6.61 Å². The Kier molecular flexibility index (Phi) is 5.60. The highest BCUT2D eigenvalue weighted by atomic mass is 16.5. The molecule has 0 fully saturated rings. The van der Waals surface area contributed by atoms with Gasteiger partial charge in [-0.3, -0.25) is 18.7 Å². The summed E-state index contributed by atoms with van der Waals surface area (Å²) in [5.41, 5.74) is 0.906. The fourth-order valence-corrected chi connectivity index (χ4v) is 3.36. The number of aliphatic hydroxyl groups is 1. The van der Waals surface area contributed by atoms with E-state index < -0.39 is 29.7 Å². The van der Waals surface area contributed by atoms with Crippen LogP contribution in [0.2, 0.25) is 0 Å². The second kappa shape index (κ2) is 7.96. The molecule has 0 aliphatic rings. The van der Waals surface area contributed by atoms with Crippen molar-refractivity contribution in [3.8, 4) is 5.75 Å². The molecule has 9 heteroatoms. The number of hydrogen-bond donors (Lipinski definition) is 2. The predicted molar refractivity (Wildman–Crippen MR) is 104 cm³/mol. The van der Waals surface area contributed by atoms with Crippen LogP contribution < -0.4 is 11.1 Å². The van der Waals surface area contributed by atoms with E-state index in [0.29, 0.717) is 16.6 Å². The standard InChI is InChI=1S/C20H22N2O7/c1-4-28-17(25)9-13(19-18(26)16(24)8-12(10-23)29-19)11-5-6-14-15(7-11)22(3)20(27)21(14)2/h5-8,13,23,26H,4,9-10H2,1-3H3/t13-/m0/s1. The van der Waals surface area contributed by atoms with Gasteiger partial charge in [0.1, 0.15) is 12.4 Å². The third-order valence-corrected chi connectivity index (χ3v) is 4.85. The van der Waals surface area contributed by atoms with Gasteiger partial charge in [-0.2, -0.15) is 0 Å². The summed E-state index contributed by atoms with van der Waals surface area (Å²) >= 11 is 0. The van der Waals surface area contributed by atoms with Gasteiger partial charge in [-0.1, -0.05) is 6.07 Å². The van der Waals surface area contributed by atoms with Gasteiger partial charge in [-0.15, -0.1) is 0 Å². The van der Waals surface area contributed by atoms with Crippen molar-refractivity contribution in [3.05, 3.63) is 62.1 Å². The van der Waals surface area contributed by atoms with Crippen LogP contribution in [0.3, 0.4) is 0 Å². The smallest absolute Gasteiger partial charge is 0.328 e. The van der Waals surface area contributed by atoms with Crippen LogP contribution in [-0.2, 0) is 30.2 Å². The van der Waals surface area contributed by atoms with Crippen LogP contribution in [0.15, 0.2) is 38.3 Å². The van der Waals surface area contributed by atoms with Gasteiger partial charge in [0.2, 0.25) is 11.2 Å². The number of fused-ring (bicyclic) bond motifs is 1. The number of rotatable bonds is 6. The quantitative estimate of drug-likeness (QED) is 0.592. The summed E-state index contributed by atoms with van der Waals surface area (Å²) in [5, 5.41) is 19.7. The number of carbonyl (C=O) groups excluding carboxylic acids is 1. The number of nitrogens with zero attached hydrogens (tertiary/aromatic N) is 2. The van der Waals surface area contributed by atoms with Gasteiger partial charge in [-0.25, -0.2) is 4.79 Å². The van der Waals surface area contributed by atoms with Crippen molar-refractivity contribution in [2.24, 2.45) is 14.1 Å². The maximum Gasteiger partial charge on any atom is 0.328 e. The Morgan fingerprint density at radius 2 is 1.86 bits per heavy atom. The summed E-state index contributed by atoms with van der Waals surface area (Å²) < 4.78 is 13.5. The third-order valence-electron chi connectivity index (χ3n) is 4.85. The minimum Gasteiger partial charge on any atom is -0.502 e. The van der Waals surface area contributed by atoms with Crippen LogP contribution in [0.25, 0.3) is 11.0 Å². The van der Waals surface area contributed by atoms with Crippen molar-refractivity contribution in [1.82, 2.24) is 9.13 Å². The number of aliphatic hydroxyl groups excluding tert-OH is 1. The number of imidazole rings is 1. The van der Waals surface area contributed by atoms with E-state index in [1.807, 2.05) is 0 Å². The Morgan fingerprint density at radius 3 is 2.52 bits per heavy atom. The largest absolute Gasteiger partial charge is 0.502 e. The van der Waals surface area contributed by atoms with Gasteiger partial charge in [0.05, 0.1) is 30.0 Å². The van der Waals surface area contributed by atoms with E-state index in [9.17, 15) is 24.6 Å². The molecule has 0 spiro atoms. The second-order valence-corrected chi connectivity index (χ2v) is 6.66. The molecule has 0 saturated carbocycles. The molecule has 2 heterocycles. The molecule has 3 aromatic rings. The number of aromatic hydroxyl groups is 1. The molecule has 0 aliphatic carbocycles. The maximum atomic E-state index is 12.2. The van der Waals surface area contributed by atoms with Gasteiger partial charge >= 0.3 is 11.7 Å². The van der Waals surface area contributed by atoms with Crippen LogP contribution in [-0.4, -0.2) is 31.9 Å². The summed E-state index contributed by atoms with van der Waals surface area (Å²) in [4.78, 5) is 36.5. The van der Waals surface area contributed by atoms with Crippen molar-refractivity contribution >= 4 is 17.0 Å². The number of esters is 1. The topological polar surface area (TPSA) is 124 Å². The number of hydrogen-bond acceptors (Lipinski definition) is 7. The lowest BCUT2D eigenvalue weighted by atomic mass is 9.91. The first-order valence-corrected chi connectivity index (χ1v) is 9.06. The van der Waals surface area contributed by atoms with E-state index in [1.165, 1.54) is 9.13 Å². The molecule has 2 N–H and O–H groups in total. The SMILES string of the molecule is CCOC(=O)C[C@@H](c1ccc2c(c1)n(C)c(=O)n2C)c1oc(CO)cc(=O)c1O. The minimum absolute atomic E-state index is 0.0372. The average Bonchev–Trinajstić information content (AvgIpc) is 2.92. The van der Waals surface area contributed by atoms with Crippen LogP contribution in [0, 0.1) is 0 Å². The van der Waals surface area contributed by atoms with Crippen LogP contribution in [0.5, 0.6) is 5.75 Å². The first-order chi connectivity index (χ1) is 13.8. The second-order valence-electron chi connectivity index (χ2n) is 6.66. The summed E-state index contributed by atoms with van der Waals surface area (Å²) in [6.45, 7) is 1.30. The van der Waals surface area contributed by atoms with Gasteiger partial charge in [0.15, 0.2) is 5.76 Å². The Bertz CT molecular complexity index is 1190. The van der Waals surface area contributed by atoms with E-state index in [4.69, 9.17) is 9.15 Å². The number of aromatic nitrogens is 2. The molecule has 3 rings (SSSR count). The first-order valence-electron chi connectivity index (χ1n) is 9.06. The van der Waals surface area contributed by atoms with Gasteiger partial charge in [0.25, 0.3) is 0 Å². The highest BCUT2D eigenvalue weighted by Crippen LogP contribution is 2.34. The molecular weight excluding hydrogens is 380 g/mol. The molecule has 0 aliphatic heterocycles. The van der Waals surface area contributed by atoms with E-state index in [0.717, 1.165) is 6.07 Å². The molecule has 2 aromatic heterocycles. The number of benzene rings is 1. The summed E-state index contributed by atoms with van der Waals surface area (Å²) in [7, 11) is 3.27. The summed E-state index contributed by atoms with van der Waals surface area (Å²) in [5.74, 6) is -2.22. The van der Waals surface area contributed by atoms with Crippen LogP contribution in [0.1, 0.15) is 36.3 Å². The molecule has 1 atom stereocenters. The molecule has 0 bridgehead atoms. The lowest BCUT2D eigenvalue weighted by Crippen LogP contribution is -2.19. The molecule has 1 aromatic carbocycles. The maximum absolute atomic E-state index is 12.2. The molecule has 154 valence electrons. The molecule has 29 heavy (non-hydrogen) atoms. The zero-order valence-electron chi connectivity index (χ0n) is 16.3. The summed E-state index contributed by atoms with van der Waals surface area (Å²) in [6, 6.07) is 6.10. The zero-order valence-corrected chi connectivity index (χ0v) is 16.3. The molecule has 0 saturated heterocycles. The zero-order chi connectivity index (χ0) is 21.3. The predicted octanol–water partition coefficient (Wildman–Crippen LogP) is 1.11. The van der Waals surface area contributed by atoms with Gasteiger partial charge in [0, 0.05) is 20.2 Å². The Hall–Kier alpha value is -3.33. The average molecular weight is 402 g/mol.